The van der Waals surface area contributed by atoms with Gasteiger partial charge in [-0.15, -0.1) is 0 Å². The number of methoxy groups -OCH3 is 1. The molecular formula is C24H18ClN3O5S. The van der Waals surface area contributed by atoms with Crippen molar-refractivity contribution in [1.82, 2.24) is 4.98 Å². The molecule has 5 rings (SSSR count). The molecule has 2 aromatic carbocycles. The number of amides is 3. The molecular weight excluding hydrogens is 478 g/mol. The minimum atomic E-state index is -0.323. The highest BCUT2D eigenvalue weighted by Crippen LogP contribution is 2.39. The predicted molar refractivity (Wildman–Crippen MR) is 129 cm³/mol. The standard InChI is InChI=1S/C24H18ClN3O5S/c1-32-18-9-8-17(25)22-21(18)26-24(34-22)27(13-16-3-2-12-33-16)23(31)14-4-6-15(7-5-14)28-19(29)10-11-20(28)30/h2-9,12H,10-11,13H2,1H3. The fourth-order valence-electron chi connectivity index (χ4n) is 3.78. The van der Waals surface area contributed by atoms with E-state index in [2.05, 4.69) is 4.98 Å². The number of nitrogens with zero attached hydrogens (tertiary/aromatic N) is 3. The Labute approximate surface area is 203 Å². The van der Waals surface area contributed by atoms with Crippen molar-refractivity contribution < 1.29 is 23.5 Å². The van der Waals surface area contributed by atoms with Crippen molar-refractivity contribution in [2.75, 3.05) is 16.9 Å². The van der Waals surface area contributed by atoms with Crippen LogP contribution in [0.4, 0.5) is 10.8 Å². The number of aromatic nitrogens is 1. The second-order valence-corrected chi connectivity index (χ2v) is 8.95. The summed E-state index contributed by atoms with van der Waals surface area (Å²) in [4.78, 5) is 44.9. The molecule has 0 saturated carbocycles. The molecule has 1 aliphatic rings. The maximum atomic E-state index is 13.6. The van der Waals surface area contributed by atoms with Gasteiger partial charge in [0.2, 0.25) is 11.8 Å². The van der Waals surface area contributed by atoms with Crippen LogP contribution >= 0.6 is 22.9 Å². The fourth-order valence-corrected chi connectivity index (χ4v) is 5.03. The van der Waals surface area contributed by atoms with Gasteiger partial charge in [-0.2, -0.15) is 0 Å². The van der Waals surface area contributed by atoms with Gasteiger partial charge in [0.05, 0.1) is 35.3 Å². The maximum absolute atomic E-state index is 13.6. The lowest BCUT2D eigenvalue weighted by Crippen LogP contribution is -2.31. The summed E-state index contributed by atoms with van der Waals surface area (Å²) in [6.45, 7) is 0.149. The van der Waals surface area contributed by atoms with Crippen molar-refractivity contribution >= 4 is 61.7 Å². The Morgan fingerprint density at radius 3 is 2.53 bits per heavy atom. The number of benzene rings is 2. The van der Waals surface area contributed by atoms with E-state index in [1.54, 1.807) is 55.6 Å². The van der Waals surface area contributed by atoms with Gasteiger partial charge in [-0.3, -0.25) is 24.2 Å². The number of furan rings is 1. The fraction of sp³-hybridized carbons (Fsp3) is 0.167. The molecule has 10 heteroatoms. The smallest absolute Gasteiger partial charge is 0.260 e. The highest BCUT2D eigenvalue weighted by atomic mass is 35.5. The van der Waals surface area contributed by atoms with Crippen molar-refractivity contribution in [3.05, 3.63) is 71.1 Å². The van der Waals surface area contributed by atoms with E-state index in [0.717, 1.165) is 4.90 Å². The lowest BCUT2D eigenvalue weighted by atomic mass is 10.1. The summed E-state index contributed by atoms with van der Waals surface area (Å²) >= 11 is 7.65. The third-order valence-electron chi connectivity index (χ3n) is 5.46. The van der Waals surface area contributed by atoms with Crippen LogP contribution in [0.15, 0.2) is 59.2 Å². The minimum absolute atomic E-state index is 0.149. The van der Waals surface area contributed by atoms with E-state index in [4.69, 9.17) is 20.8 Å². The van der Waals surface area contributed by atoms with Crippen LogP contribution in [0.2, 0.25) is 5.02 Å². The molecule has 0 aliphatic carbocycles. The molecule has 0 N–H and O–H groups in total. The zero-order valence-corrected chi connectivity index (χ0v) is 19.6. The molecule has 3 amide bonds. The molecule has 34 heavy (non-hydrogen) atoms. The van der Waals surface area contributed by atoms with Gasteiger partial charge in [0.15, 0.2) is 5.13 Å². The summed E-state index contributed by atoms with van der Waals surface area (Å²) in [7, 11) is 1.55. The molecule has 8 nitrogen and oxygen atoms in total. The number of anilines is 2. The van der Waals surface area contributed by atoms with E-state index in [-0.39, 0.29) is 37.1 Å². The summed E-state index contributed by atoms with van der Waals surface area (Å²) in [5.74, 6) is 0.316. The van der Waals surface area contributed by atoms with E-state index in [1.807, 2.05) is 0 Å². The molecule has 2 aromatic heterocycles. The zero-order chi connectivity index (χ0) is 23.8. The lowest BCUT2D eigenvalue weighted by Gasteiger charge is -2.19. The summed E-state index contributed by atoms with van der Waals surface area (Å²) < 4.78 is 11.6. The van der Waals surface area contributed by atoms with Gasteiger partial charge >= 0.3 is 0 Å². The highest BCUT2D eigenvalue weighted by molar-refractivity contribution is 7.23. The Balaban J connectivity index is 1.52. The molecule has 3 heterocycles. The molecule has 1 aliphatic heterocycles. The zero-order valence-electron chi connectivity index (χ0n) is 18.0. The summed E-state index contributed by atoms with van der Waals surface area (Å²) in [6, 6.07) is 13.3. The number of carbonyl (C=O) groups is 3. The van der Waals surface area contributed by atoms with Crippen molar-refractivity contribution in [3.63, 3.8) is 0 Å². The third kappa shape index (κ3) is 3.93. The monoisotopic (exact) mass is 495 g/mol. The molecule has 0 atom stereocenters. The quantitative estimate of drug-likeness (QED) is 0.347. The van der Waals surface area contributed by atoms with Gasteiger partial charge in [-0.05, 0) is 48.5 Å². The number of carbonyl (C=O) groups excluding carboxylic acids is 3. The first-order valence-electron chi connectivity index (χ1n) is 10.4. The van der Waals surface area contributed by atoms with Crippen LogP contribution in [0.25, 0.3) is 10.2 Å². The van der Waals surface area contributed by atoms with Gasteiger partial charge in [0, 0.05) is 18.4 Å². The highest BCUT2D eigenvalue weighted by Gasteiger charge is 2.31. The minimum Gasteiger partial charge on any atom is -0.494 e. The number of hydrogen-bond acceptors (Lipinski definition) is 7. The average molecular weight is 496 g/mol. The molecule has 4 aromatic rings. The van der Waals surface area contributed by atoms with E-state index >= 15 is 0 Å². The number of ether oxygens (including phenoxy) is 1. The third-order valence-corrected chi connectivity index (χ3v) is 7.00. The number of halogens is 1. The van der Waals surface area contributed by atoms with Gasteiger partial charge in [0.25, 0.3) is 5.91 Å². The van der Waals surface area contributed by atoms with Crippen LogP contribution in [0.1, 0.15) is 29.0 Å². The number of thiazole rings is 1. The van der Waals surface area contributed by atoms with Crippen molar-refractivity contribution in [1.29, 1.82) is 0 Å². The predicted octanol–water partition coefficient (Wildman–Crippen LogP) is 5.05. The van der Waals surface area contributed by atoms with Crippen molar-refractivity contribution in [2.24, 2.45) is 0 Å². The first-order valence-corrected chi connectivity index (χ1v) is 11.6. The van der Waals surface area contributed by atoms with E-state index < -0.39 is 0 Å². The van der Waals surface area contributed by atoms with E-state index in [9.17, 15) is 14.4 Å². The van der Waals surface area contributed by atoms with Gasteiger partial charge in [-0.25, -0.2) is 4.98 Å². The number of hydrogen-bond donors (Lipinski definition) is 0. The van der Waals surface area contributed by atoms with Crippen LogP contribution in [0.5, 0.6) is 5.75 Å². The molecule has 0 radical (unpaired) electrons. The largest absolute Gasteiger partial charge is 0.494 e. The van der Waals surface area contributed by atoms with E-state index in [0.29, 0.717) is 43.1 Å². The Kier molecular flexibility index (Phi) is 5.80. The summed E-state index contributed by atoms with van der Waals surface area (Å²) in [5, 5.41) is 0.936. The SMILES string of the molecule is COc1ccc(Cl)c2sc(N(Cc3ccco3)C(=O)c3ccc(N4C(=O)CCC4=O)cc3)nc12. The first kappa shape index (κ1) is 22.1. The molecule has 1 fully saturated rings. The average Bonchev–Trinajstić information content (AvgIpc) is 3.58. The van der Waals surface area contributed by atoms with Gasteiger partial charge < -0.3 is 9.15 Å². The molecule has 172 valence electrons. The maximum Gasteiger partial charge on any atom is 0.260 e. The van der Waals surface area contributed by atoms with Gasteiger partial charge in [-0.1, -0.05) is 22.9 Å². The summed E-state index contributed by atoms with van der Waals surface area (Å²) in [6.07, 6.45) is 1.93. The van der Waals surface area contributed by atoms with Crippen LogP contribution in [-0.4, -0.2) is 29.8 Å². The van der Waals surface area contributed by atoms with Crippen LogP contribution < -0.4 is 14.5 Å². The van der Waals surface area contributed by atoms with Gasteiger partial charge in [0.1, 0.15) is 17.0 Å². The van der Waals surface area contributed by atoms with Crippen molar-refractivity contribution in [3.8, 4) is 5.75 Å². The normalized spacial score (nSPS) is 13.6. The number of imide groups is 1. The van der Waals surface area contributed by atoms with Crippen molar-refractivity contribution in [2.45, 2.75) is 19.4 Å². The Morgan fingerprint density at radius 2 is 1.88 bits per heavy atom. The van der Waals surface area contributed by atoms with Crippen LogP contribution in [0, 0.1) is 0 Å². The van der Waals surface area contributed by atoms with Crippen LogP contribution in [-0.2, 0) is 16.1 Å². The number of fused-ring (bicyclic) bond motifs is 1. The Bertz CT molecular complexity index is 1380. The Hall–Kier alpha value is -3.69. The second-order valence-electron chi connectivity index (χ2n) is 7.56. The van der Waals surface area contributed by atoms with E-state index in [1.165, 1.54) is 22.5 Å². The number of rotatable bonds is 6. The lowest BCUT2D eigenvalue weighted by molar-refractivity contribution is -0.121. The summed E-state index contributed by atoms with van der Waals surface area (Å²) in [5.41, 5.74) is 1.37. The Morgan fingerprint density at radius 1 is 1.15 bits per heavy atom. The topological polar surface area (TPSA) is 93.0 Å². The first-order chi connectivity index (χ1) is 16.5. The van der Waals surface area contributed by atoms with Crippen LogP contribution in [0.3, 0.4) is 0 Å². The molecule has 0 unspecified atom stereocenters. The second kappa shape index (κ2) is 8.92. The molecule has 0 spiro atoms. The molecule has 1 saturated heterocycles. The molecule has 0 bridgehead atoms.